The number of nitrogens with one attached hydrogen (secondary N) is 2. The fourth-order valence-corrected chi connectivity index (χ4v) is 1.73. The molecule has 0 saturated carbocycles. The molecular weight excluding hydrogens is 253 g/mol. The quantitative estimate of drug-likeness (QED) is 0.684. The largest absolute Gasteiger partial charge is 0.452 e. The van der Waals surface area contributed by atoms with Crippen molar-refractivity contribution in [2.24, 2.45) is 0 Å². The van der Waals surface area contributed by atoms with Crippen LogP contribution >= 0.6 is 0 Å². The zero-order valence-corrected chi connectivity index (χ0v) is 9.55. The Hall–Kier alpha value is -2.03. The lowest BCUT2D eigenvalue weighted by molar-refractivity contribution is 0.177. The molecule has 1 aromatic rings. The van der Waals surface area contributed by atoms with Crippen molar-refractivity contribution >= 4 is 27.7 Å². The first-order chi connectivity index (χ1) is 7.84. The third kappa shape index (κ3) is 3.79. The lowest BCUT2D eigenvalue weighted by atomic mass is 10.3. The molecule has 0 spiro atoms. The van der Waals surface area contributed by atoms with Gasteiger partial charge < -0.3 is 10.5 Å². The van der Waals surface area contributed by atoms with Gasteiger partial charge in [0.25, 0.3) is 0 Å². The van der Waals surface area contributed by atoms with Crippen molar-refractivity contribution in [3.8, 4) is 0 Å². The van der Waals surface area contributed by atoms with Gasteiger partial charge in [-0.15, -0.1) is 0 Å². The molecule has 0 aromatic heterocycles. The van der Waals surface area contributed by atoms with E-state index in [2.05, 4.69) is 4.74 Å². The molecule has 1 amide bonds. The minimum absolute atomic E-state index is 0.0142. The van der Waals surface area contributed by atoms with Crippen LogP contribution in [0.25, 0.3) is 0 Å². The van der Waals surface area contributed by atoms with Crippen molar-refractivity contribution in [2.45, 2.75) is 0 Å². The summed E-state index contributed by atoms with van der Waals surface area (Å²) in [6, 6.07) is 3.22. The average Bonchev–Trinajstić information content (AvgIpc) is 2.22. The fraction of sp³-hybridized carbons (Fsp3) is 0.125. The zero-order valence-electron chi connectivity index (χ0n) is 8.73. The van der Waals surface area contributed by atoms with E-state index in [4.69, 9.17) is 5.73 Å². The molecule has 0 heterocycles. The van der Waals surface area contributed by atoms with Gasteiger partial charge in [0, 0.05) is 0 Å². The number of anilines is 2. The molecule has 1 aromatic carbocycles. The summed E-state index contributed by atoms with van der Waals surface area (Å²) in [7, 11) is -3.11. The summed E-state index contributed by atoms with van der Waals surface area (Å²) in [4.78, 5) is 10.7. The lowest BCUT2D eigenvalue weighted by Crippen LogP contribution is -2.35. The number of carbonyl (C=O) groups is 1. The monoisotopic (exact) mass is 263 g/mol. The molecule has 0 atom stereocenters. The van der Waals surface area contributed by atoms with Gasteiger partial charge >= 0.3 is 16.3 Å². The van der Waals surface area contributed by atoms with Crippen LogP contribution in [-0.4, -0.2) is 21.6 Å². The Morgan fingerprint density at radius 2 is 2.12 bits per heavy atom. The molecule has 9 heteroatoms. The molecule has 0 bridgehead atoms. The molecule has 7 nitrogen and oxygen atoms in total. The number of benzene rings is 1. The number of hydrogen-bond donors (Lipinski definition) is 3. The number of halogens is 1. The molecule has 0 unspecified atom stereocenters. The summed E-state index contributed by atoms with van der Waals surface area (Å²) in [6.45, 7) is 0. The molecule has 0 saturated heterocycles. The van der Waals surface area contributed by atoms with E-state index in [1.165, 1.54) is 0 Å². The van der Waals surface area contributed by atoms with E-state index in [9.17, 15) is 17.6 Å². The predicted molar refractivity (Wildman–Crippen MR) is 58.9 cm³/mol. The van der Waals surface area contributed by atoms with Crippen molar-refractivity contribution in [3.63, 3.8) is 0 Å². The highest BCUT2D eigenvalue weighted by Crippen LogP contribution is 2.16. The minimum Gasteiger partial charge on any atom is -0.452 e. The number of nitrogen functional groups attached to an aromatic ring is 1. The van der Waals surface area contributed by atoms with E-state index in [1.54, 1.807) is 4.72 Å². The van der Waals surface area contributed by atoms with Crippen LogP contribution in [-0.2, 0) is 14.9 Å². The van der Waals surface area contributed by atoms with Crippen LogP contribution < -0.4 is 15.2 Å². The predicted octanol–water partition coefficient (Wildman–Crippen LogP) is 0.421. The first-order valence-electron chi connectivity index (χ1n) is 4.27. The van der Waals surface area contributed by atoms with Crippen molar-refractivity contribution in [1.82, 2.24) is 4.72 Å². The smallest absolute Gasteiger partial charge is 0.422 e. The first-order valence-corrected chi connectivity index (χ1v) is 5.76. The summed E-state index contributed by atoms with van der Waals surface area (Å²) in [5.74, 6) is -0.672. The standard InChI is InChI=1S/C8H10FN3O4S/c1-16-8(13)12-17(14,15)11-5-2-3-6(9)7(10)4-5/h2-4,11H,10H2,1H3,(H,12,13). The summed E-state index contributed by atoms with van der Waals surface area (Å²) < 4.78 is 43.1. The molecule has 0 fully saturated rings. The third-order valence-corrected chi connectivity index (χ3v) is 2.59. The van der Waals surface area contributed by atoms with Gasteiger partial charge in [0.2, 0.25) is 0 Å². The molecule has 0 radical (unpaired) electrons. The van der Waals surface area contributed by atoms with Crippen LogP contribution in [0.3, 0.4) is 0 Å². The lowest BCUT2D eigenvalue weighted by Gasteiger charge is -2.08. The Kier molecular flexibility index (Phi) is 3.73. The molecule has 1 rings (SSSR count). The molecule has 4 N–H and O–H groups in total. The Morgan fingerprint density at radius 1 is 1.47 bits per heavy atom. The van der Waals surface area contributed by atoms with E-state index >= 15 is 0 Å². The number of carbonyl (C=O) groups excluding carboxylic acids is 1. The van der Waals surface area contributed by atoms with Crippen LogP contribution in [0.5, 0.6) is 0 Å². The van der Waals surface area contributed by atoms with Crippen molar-refractivity contribution in [3.05, 3.63) is 24.0 Å². The van der Waals surface area contributed by atoms with Gasteiger partial charge in [0.1, 0.15) is 5.82 Å². The van der Waals surface area contributed by atoms with E-state index in [0.717, 1.165) is 25.3 Å². The highest BCUT2D eigenvalue weighted by atomic mass is 32.2. The second-order valence-corrected chi connectivity index (χ2v) is 4.35. The van der Waals surface area contributed by atoms with Crippen LogP contribution in [0.2, 0.25) is 0 Å². The average molecular weight is 263 g/mol. The fourth-order valence-electron chi connectivity index (χ4n) is 0.939. The van der Waals surface area contributed by atoms with Crippen molar-refractivity contribution in [2.75, 3.05) is 17.6 Å². The maximum Gasteiger partial charge on any atom is 0.422 e. The molecule has 0 aliphatic carbocycles. The van der Waals surface area contributed by atoms with Crippen LogP contribution in [0, 0.1) is 5.82 Å². The number of methoxy groups -OCH3 is 1. The van der Waals surface area contributed by atoms with Crippen LogP contribution in [0.15, 0.2) is 18.2 Å². The van der Waals surface area contributed by atoms with Gasteiger partial charge in [0.15, 0.2) is 0 Å². The normalized spacial score (nSPS) is 10.7. The van der Waals surface area contributed by atoms with Crippen molar-refractivity contribution in [1.29, 1.82) is 0 Å². The van der Waals surface area contributed by atoms with Gasteiger partial charge in [-0.25, -0.2) is 13.9 Å². The Balaban J connectivity index is 2.83. The number of amides is 1. The minimum atomic E-state index is -4.13. The molecule has 0 aliphatic rings. The number of ether oxygens (including phenoxy) is 1. The van der Waals surface area contributed by atoms with Gasteiger partial charge in [-0.3, -0.25) is 4.72 Å². The van der Waals surface area contributed by atoms with E-state index in [-0.39, 0.29) is 11.4 Å². The summed E-state index contributed by atoms with van der Waals surface area (Å²) in [6.07, 6.45) is -1.15. The molecule has 17 heavy (non-hydrogen) atoms. The van der Waals surface area contributed by atoms with Gasteiger partial charge in [-0.1, -0.05) is 0 Å². The van der Waals surface area contributed by atoms with E-state index < -0.39 is 22.1 Å². The van der Waals surface area contributed by atoms with Crippen LogP contribution in [0.1, 0.15) is 0 Å². The van der Waals surface area contributed by atoms with Gasteiger partial charge in [-0.05, 0) is 18.2 Å². The highest BCUT2D eigenvalue weighted by Gasteiger charge is 2.14. The number of rotatable bonds is 3. The van der Waals surface area contributed by atoms with E-state index in [1.807, 2.05) is 4.72 Å². The summed E-state index contributed by atoms with van der Waals surface area (Å²) in [5.41, 5.74) is 5.04. The Labute approximate surface area is 96.9 Å². The maximum absolute atomic E-state index is 12.8. The summed E-state index contributed by atoms with van der Waals surface area (Å²) in [5, 5.41) is 0. The molecular formula is C8H10FN3O4S. The maximum atomic E-state index is 12.8. The second-order valence-electron chi connectivity index (χ2n) is 2.94. The van der Waals surface area contributed by atoms with E-state index in [0.29, 0.717) is 0 Å². The Morgan fingerprint density at radius 3 is 2.65 bits per heavy atom. The van der Waals surface area contributed by atoms with Gasteiger partial charge in [-0.2, -0.15) is 8.42 Å². The van der Waals surface area contributed by atoms with Gasteiger partial charge in [0.05, 0.1) is 18.5 Å². The zero-order chi connectivity index (χ0) is 13.1. The van der Waals surface area contributed by atoms with Crippen LogP contribution in [0.4, 0.5) is 20.6 Å². The Bertz CT molecular complexity index is 532. The molecule has 0 aliphatic heterocycles. The third-order valence-electron chi connectivity index (χ3n) is 1.65. The van der Waals surface area contributed by atoms with Crippen molar-refractivity contribution < 1.29 is 22.3 Å². The highest BCUT2D eigenvalue weighted by molar-refractivity contribution is 7.91. The first kappa shape index (κ1) is 13.0. The molecule has 94 valence electrons. The summed E-state index contributed by atoms with van der Waals surface area (Å²) >= 11 is 0. The number of nitrogens with two attached hydrogens (primary N) is 1. The topological polar surface area (TPSA) is 111 Å². The number of hydrogen-bond acceptors (Lipinski definition) is 5. The second kappa shape index (κ2) is 4.87. The SMILES string of the molecule is COC(=O)NS(=O)(=O)Nc1ccc(F)c(N)c1.